The molecule has 106 valence electrons. The predicted molar refractivity (Wildman–Crippen MR) is 77.3 cm³/mol. The van der Waals surface area contributed by atoms with Crippen LogP contribution in [0.15, 0.2) is 0 Å². The van der Waals surface area contributed by atoms with Gasteiger partial charge in [0.1, 0.15) is 5.54 Å². The summed E-state index contributed by atoms with van der Waals surface area (Å²) in [5, 5.41) is 10.3. The molecule has 0 bridgehead atoms. The highest BCUT2D eigenvalue weighted by Gasteiger charge is 2.35. The quantitative estimate of drug-likeness (QED) is 0.810. The van der Waals surface area contributed by atoms with E-state index in [1.165, 1.54) is 0 Å². The van der Waals surface area contributed by atoms with E-state index in [9.17, 15) is 4.79 Å². The molecule has 0 aliphatic heterocycles. The van der Waals surface area contributed by atoms with E-state index in [0.717, 1.165) is 56.2 Å². The summed E-state index contributed by atoms with van der Waals surface area (Å²) in [6, 6.07) is 0. The summed E-state index contributed by atoms with van der Waals surface area (Å²) in [5.41, 5.74) is 2.30. The number of aryl methyl sites for hydroxylation is 1. The van der Waals surface area contributed by atoms with Gasteiger partial charge in [0.25, 0.3) is 5.91 Å². The Bertz CT molecular complexity index is 561. The van der Waals surface area contributed by atoms with Crippen LogP contribution in [-0.2, 0) is 12.8 Å². The van der Waals surface area contributed by atoms with Crippen LogP contribution in [0, 0.1) is 18.3 Å². The number of aromatic amines is 1. The van der Waals surface area contributed by atoms with Crippen LogP contribution < -0.4 is 5.32 Å². The second-order valence-corrected chi connectivity index (χ2v) is 6.26. The molecule has 0 spiro atoms. The summed E-state index contributed by atoms with van der Waals surface area (Å²) in [7, 11) is 0. The number of nitrogens with one attached hydrogen (secondary N) is 2. The monoisotopic (exact) mass is 271 g/mol. The van der Waals surface area contributed by atoms with Crippen LogP contribution in [-0.4, -0.2) is 21.6 Å². The smallest absolute Gasteiger partial charge is 0.273 e. The van der Waals surface area contributed by atoms with E-state index in [-0.39, 0.29) is 5.91 Å². The van der Waals surface area contributed by atoms with Gasteiger partial charge in [-0.25, -0.2) is 0 Å². The second-order valence-electron chi connectivity index (χ2n) is 6.26. The highest BCUT2D eigenvalue weighted by molar-refractivity contribution is 5.94. The normalized spacial score (nSPS) is 23.9. The van der Waals surface area contributed by atoms with Crippen LogP contribution in [0.25, 0.3) is 0 Å². The first-order chi connectivity index (χ1) is 9.63. The molecule has 20 heavy (non-hydrogen) atoms. The lowest BCUT2D eigenvalue weighted by Crippen LogP contribution is -2.45. The molecule has 4 nitrogen and oxygen atoms in total. The van der Waals surface area contributed by atoms with Crippen LogP contribution in [0.5, 0.6) is 0 Å². The van der Waals surface area contributed by atoms with Gasteiger partial charge in [-0.2, -0.15) is 5.10 Å². The summed E-state index contributed by atoms with van der Waals surface area (Å²) < 4.78 is 0. The van der Waals surface area contributed by atoms with Gasteiger partial charge in [-0.1, -0.05) is 12.8 Å². The van der Waals surface area contributed by atoms with E-state index < -0.39 is 5.54 Å². The number of carbonyl (C=O) groups is 1. The number of nitrogens with zero attached hydrogens (tertiary/aromatic N) is 1. The van der Waals surface area contributed by atoms with Gasteiger partial charge in [0.05, 0.1) is 0 Å². The number of carbonyl (C=O) groups excluding carboxylic acids is 1. The van der Waals surface area contributed by atoms with Gasteiger partial charge >= 0.3 is 0 Å². The first kappa shape index (κ1) is 13.2. The maximum atomic E-state index is 12.5. The van der Waals surface area contributed by atoms with Gasteiger partial charge in [-0.3, -0.25) is 9.89 Å². The third-order valence-corrected chi connectivity index (χ3v) is 4.69. The van der Waals surface area contributed by atoms with Crippen LogP contribution in [0.2, 0.25) is 0 Å². The molecule has 1 saturated carbocycles. The number of hydrogen-bond acceptors (Lipinski definition) is 2. The van der Waals surface area contributed by atoms with Gasteiger partial charge in [-0.05, 0) is 50.9 Å². The first-order valence-corrected chi connectivity index (χ1v) is 7.50. The fourth-order valence-electron chi connectivity index (χ4n) is 3.42. The Kier molecular flexibility index (Phi) is 3.29. The largest absolute Gasteiger partial charge is 0.334 e. The Labute approximate surface area is 119 Å². The highest BCUT2D eigenvalue weighted by atomic mass is 16.2. The van der Waals surface area contributed by atoms with Crippen LogP contribution in [0.3, 0.4) is 0 Å². The van der Waals surface area contributed by atoms with Crippen molar-refractivity contribution in [3.63, 3.8) is 0 Å². The molecule has 1 atom stereocenters. The van der Waals surface area contributed by atoms with Crippen molar-refractivity contribution in [3.05, 3.63) is 17.0 Å². The Balaban J connectivity index is 1.82. The third-order valence-electron chi connectivity index (χ3n) is 4.69. The minimum Gasteiger partial charge on any atom is -0.334 e. The van der Waals surface area contributed by atoms with Crippen molar-refractivity contribution >= 4 is 5.91 Å². The van der Waals surface area contributed by atoms with E-state index in [1.54, 1.807) is 0 Å². The summed E-state index contributed by atoms with van der Waals surface area (Å²) in [6.07, 6.45) is 12.6. The van der Waals surface area contributed by atoms with Crippen molar-refractivity contribution in [3.8, 4) is 12.3 Å². The molecule has 2 aliphatic rings. The van der Waals surface area contributed by atoms with Crippen molar-refractivity contribution in [2.45, 2.75) is 57.4 Å². The standard InChI is InChI=1S/C16H21N3O/c1-3-16(8-4-5-9-16)17-15(20)14-12-10-11(2)6-7-13(12)18-19-14/h1,11H,4-10H2,2H3,(H,17,20)(H,18,19). The van der Waals surface area contributed by atoms with Gasteiger partial charge in [-0.15, -0.1) is 6.42 Å². The van der Waals surface area contributed by atoms with Gasteiger partial charge in [0.15, 0.2) is 5.69 Å². The van der Waals surface area contributed by atoms with E-state index >= 15 is 0 Å². The zero-order valence-electron chi connectivity index (χ0n) is 12.0. The zero-order chi connectivity index (χ0) is 14.2. The minimum atomic E-state index is -0.455. The molecule has 1 aromatic heterocycles. The molecule has 0 radical (unpaired) electrons. The van der Waals surface area contributed by atoms with Crippen molar-refractivity contribution in [1.82, 2.24) is 15.5 Å². The third kappa shape index (κ3) is 2.22. The zero-order valence-corrected chi connectivity index (χ0v) is 12.0. The fraction of sp³-hybridized carbons (Fsp3) is 0.625. The molecule has 2 aliphatic carbocycles. The summed E-state index contributed by atoms with van der Waals surface area (Å²) >= 11 is 0. The lowest BCUT2D eigenvalue weighted by Gasteiger charge is -2.24. The first-order valence-electron chi connectivity index (χ1n) is 7.50. The second kappa shape index (κ2) is 4.97. The van der Waals surface area contributed by atoms with Crippen molar-refractivity contribution in [2.75, 3.05) is 0 Å². The summed E-state index contributed by atoms with van der Waals surface area (Å²) in [5.74, 6) is 3.29. The van der Waals surface area contributed by atoms with Crippen LogP contribution >= 0.6 is 0 Å². The lowest BCUT2D eigenvalue weighted by molar-refractivity contribution is 0.0915. The predicted octanol–water partition coefficient (Wildman–Crippen LogP) is 2.21. The van der Waals surface area contributed by atoms with E-state index in [0.29, 0.717) is 11.6 Å². The molecule has 0 aromatic carbocycles. The Hall–Kier alpha value is -1.76. The number of hydrogen-bond donors (Lipinski definition) is 2. The summed E-state index contributed by atoms with van der Waals surface area (Å²) in [4.78, 5) is 12.5. The molecular weight excluding hydrogens is 250 g/mol. The van der Waals surface area contributed by atoms with E-state index in [2.05, 4.69) is 28.4 Å². The SMILES string of the molecule is C#CC1(NC(=O)c2n[nH]c3c2CC(C)CC3)CCCC1. The molecular formula is C16H21N3O. The Morgan fingerprint density at radius 1 is 1.50 bits per heavy atom. The molecule has 1 fully saturated rings. The highest BCUT2D eigenvalue weighted by Crippen LogP contribution is 2.30. The average molecular weight is 271 g/mol. The number of amides is 1. The Morgan fingerprint density at radius 2 is 2.25 bits per heavy atom. The number of rotatable bonds is 2. The van der Waals surface area contributed by atoms with Crippen LogP contribution in [0.1, 0.15) is 60.8 Å². The summed E-state index contributed by atoms with van der Waals surface area (Å²) in [6.45, 7) is 2.22. The molecule has 2 N–H and O–H groups in total. The molecule has 0 saturated heterocycles. The van der Waals surface area contributed by atoms with Crippen molar-refractivity contribution in [2.24, 2.45) is 5.92 Å². The lowest BCUT2D eigenvalue weighted by atomic mass is 9.87. The molecule has 3 rings (SSSR count). The molecule has 1 heterocycles. The maximum absolute atomic E-state index is 12.5. The topological polar surface area (TPSA) is 57.8 Å². The van der Waals surface area contributed by atoms with E-state index in [1.807, 2.05) is 0 Å². The number of aromatic nitrogens is 2. The molecule has 1 amide bonds. The van der Waals surface area contributed by atoms with Crippen molar-refractivity contribution in [1.29, 1.82) is 0 Å². The minimum absolute atomic E-state index is 0.114. The fourth-order valence-corrected chi connectivity index (χ4v) is 3.42. The molecule has 1 aromatic rings. The maximum Gasteiger partial charge on any atom is 0.273 e. The number of H-pyrrole nitrogens is 1. The number of terminal acetylenes is 1. The van der Waals surface area contributed by atoms with Gasteiger partial charge in [0.2, 0.25) is 0 Å². The van der Waals surface area contributed by atoms with Gasteiger partial charge < -0.3 is 5.32 Å². The molecule has 1 unspecified atom stereocenters. The van der Waals surface area contributed by atoms with Gasteiger partial charge in [0, 0.05) is 11.3 Å². The van der Waals surface area contributed by atoms with Crippen LogP contribution in [0.4, 0.5) is 0 Å². The average Bonchev–Trinajstić information content (AvgIpc) is 3.05. The Morgan fingerprint density at radius 3 is 2.95 bits per heavy atom. The van der Waals surface area contributed by atoms with E-state index in [4.69, 9.17) is 6.42 Å². The molecule has 4 heteroatoms. The van der Waals surface area contributed by atoms with Crippen molar-refractivity contribution < 1.29 is 4.79 Å². The number of fused-ring (bicyclic) bond motifs is 1.